The molecule has 28 heavy (non-hydrogen) atoms. The average molecular weight is 377 g/mol. The van der Waals surface area contributed by atoms with Crippen LogP contribution < -0.4 is 20.3 Å². The third-order valence-corrected chi connectivity index (χ3v) is 3.96. The van der Waals surface area contributed by atoms with Gasteiger partial charge in [0.15, 0.2) is 0 Å². The number of anilines is 4. The predicted octanol–water partition coefficient (Wildman–Crippen LogP) is 3.94. The van der Waals surface area contributed by atoms with E-state index in [-0.39, 0.29) is 11.6 Å². The summed E-state index contributed by atoms with van der Waals surface area (Å²) in [6.45, 7) is 2.52. The molecule has 0 radical (unpaired) electrons. The van der Waals surface area contributed by atoms with Gasteiger partial charge in [-0.15, -0.1) is 0 Å². The lowest BCUT2D eigenvalue weighted by Crippen LogP contribution is -2.14. The standard InChI is InChI=1S/C21H23N5O2/c1-4-28-18-11-7-16(8-12-18)25-21(27)19-13-23-20(14-22-19)24-15-5-9-17(10-6-15)26(2)3/h5-14H,4H2,1-3H3,(H,23,24)(H,25,27). The van der Waals surface area contributed by atoms with Crippen molar-refractivity contribution < 1.29 is 9.53 Å². The Morgan fingerprint density at radius 3 is 2.21 bits per heavy atom. The number of hydrogen-bond acceptors (Lipinski definition) is 6. The van der Waals surface area contributed by atoms with E-state index >= 15 is 0 Å². The molecule has 3 aromatic rings. The second-order valence-corrected chi connectivity index (χ2v) is 6.26. The van der Waals surface area contributed by atoms with E-state index in [1.165, 1.54) is 12.4 Å². The number of ether oxygens (including phenoxy) is 1. The lowest BCUT2D eigenvalue weighted by molar-refractivity contribution is 0.102. The van der Waals surface area contributed by atoms with E-state index in [0.717, 1.165) is 17.1 Å². The van der Waals surface area contributed by atoms with Gasteiger partial charge in [0, 0.05) is 31.2 Å². The summed E-state index contributed by atoms with van der Waals surface area (Å²) in [7, 11) is 3.98. The number of nitrogens with zero attached hydrogens (tertiary/aromatic N) is 3. The van der Waals surface area contributed by atoms with Crippen molar-refractivity contribution in [3.8, 4) is 5.75 Å². The summed E-state index contributed by atoms with van der Waals surface area (Å²) in [6.07, 6.45) is 2.98. The van der Waals surface area contributed by atoms with Gasteiger partial charge in [-0.25, -0.2) is 9.97 Å². The second-order valence-electron chi connectivity index (χ2n) is 6.26. The van der Waals surface area contributed by atoms with Crippen molar-refractivity contribution in [3.63, 3.8) is 0 Å². The van der Waals surface area contributed by atoms with Crippen LogP contribution in [0.4, 0.5) is 22.9 Å². The molecule has 2 aromatic carbocycles. The molecule has 0 aliphatic carbocycles. The third kappa shape index (κ3) is 4.97. The van der Waals surface area contributed by atoms with E-state index in [1.807, 2.05) is 50.2 Å². The molecule has 2 N–H and O–H groups in total. The molecule has 0 aliphatic heterocycles. The van der Waals surface area contributed by atoms with E-state index in [2.05, 4.69) is 20.6 Å². The zero-order valence-corrected chi connectivity index (χ0v) is 16.1. The van der Waals surface area contributed by atoms with Gasteiger partial charge in [-0.05, 0) is 55.5 Å². The van der Waals surface area contributed by atoms with Crippen LogP contribution in [0, 0.1) is 0 Å². The Balaban J connectivity index is 1.60. The topological polar surface area (TPSA) is 79.4 Å². The molecule has 3 rings (SSSR count). The van der Waals surface area contributed by atoms with Crippen LogP contribution in [0.1, 0.15) is 17.4 Å². The molecule has 1 amide bonds. The van der Waals surface area contributed by atoms with Gasteiger partial charge >= 0.3 is 0 Å². The smallest absolute Gasteiger partial charge is 0.275 e. The Kier molecular flexibility index (Phi) is 6.06. The van der Waals surface area contributed by atoms with E-state index in [0.29, 0.717) is 18.1 Å². The monoisotopic (exact) mass is 377 g/mol. The number of nitrogens with one attached hydrogen (secondary N) is 2. The molecule has 0 saturated heterocycles. The summed E-state index contributed by atoms with van der Waals surface area (Å²) in [5.41, 5.74) is 2.91. The van der Waals surface area contributed by atoms with Crippen LogP contribution in [0.25, 0.3) is 0 Å². The fourth-order valence-electron chi connectivity index (χ4n) is 2.50. The van der Waals surface area contributed by atoms with E-state index in [4.69, 9.17) is 4.74 Å². The largest absolute Gasteiger partial charge is 0.494 e. The maximum absolute atomic E-state index is 12.3. The van der Waals surface area contributed by atoms with Gasteiger partial charge < -0.3 is 20.3 Å². The first-order valence-electron chi connectivity index (χ1n) is 8.96. The maximum Gasteiger partial charge on any atom is 0.275 e. The zero-order valence-electron chi connectivity index (χ0n) is 16.1. The summed E-state index contributed by atoms with van der Waals surface area (Å²) >= 11 is 0. The molecule has 0 bridgehead atoms. The number of benzene rings is 2. The van der Waals surface area contributed by atoms with E-state index < -0.39 is 0 Å². The lowest BCUT2D eigenvalue weighted by atomic mass is 10.2. The Morgan fingerprint density at radius 1 is 0.964 bits per heavy atom. The molecule has 0 saturated carbocycles. The first-order valence-corrected chi connectivity index (χ1v) is 8.96. The highest BCUT2D eigenvalue weighted by molar-refractivity contribution is 6.02. The summed E-state index contributed by atoms with van der Waals surface area (Å²) in [5.74, 6) is 1.00. The number of amides is 1. The summed E-state index contributed by atoms with van der Waals surface area (Å²) in [6, 6.07) is 15.1. The molecule has 0 spiro atoms. The van der Waals surface area contributed by atoms with Crippen molar-refractivity contribution in [2.24, 2.45) is 0 Å². The molecule has 1 heterocycles. The molecule has 0 fully saturated rings. The fourth-order valence-corrected chi connectivity index (χ4v) is 2.50. The van der Waals surface area contributed by atoms with Gasteiger partial charge in [0.25, 0.3) is 5.91 Å². The summed E-state index contributed by atoms with van der Waals surface area (Å²) in [5, 5.41) is 5.96. The molecule has 0 atom stereocenters. The molecule has 144 valence electrons. The molecule has 7 heteroatoms. The molecule has 1 aromatic heterocycles. The van der Waals surface area contributed by atoms with Crippen molar-refractivity contribution in [1.82, 2.24) is 9.97 Å². The van der Waals surface area contributed by atoms with Crippen molar-refractivity contribution in [3.05, 3.63) is 66.6 Å². The number of rotatable bonds is 7. The van der Waals surface area contributed by atoms with Gasteiger partial charge in [0.05, 0.1) is 19.0 Å². The Hall–Kier alpha value is -3.61. The van der Waals surface area contributed by atoms with Gasteiger partial charge in [0.2, 0.25) is 0 Å². The first kappa shape index (κ1) is 19.2. The molecular formula is C21H23N5O2. The van der Waals surface area contributed by atoms with Crippen LogP contribution >= 0.6 is 0 Å². The number of aromatic nitrogens is 2. The highest BCUT2D eigenvalue weighted by Gasteiger charge is 2.09. The Labute approximate surface area is 164 Å². The molecule has 7 nitrogen and oxygen atoms in total. The van der Waals surface area contributed by atoms with Crippen LogP contribution in [-0.2, 0) is 0 Å². The lowest BCUT2D eigenvalue weighted by Gasteiger charge is -2.13. The van der Waals surface area contributed by atoms with Gasteiger partial charge in [-0.2, -0.15) is 0 Å². The van der Waals surface area contributed by atoms with Crippen LogP contribution in [0.15, 0.2) is 60.9 Å². The minimum absolute atomic E-state index is 0.238. The quantitative estimate of drug-likeness (QED) is 0.649. The number of carbonyl (C=O) groups is 1. The average Bonchev–Trinajstić information content (AvgIpc) is 2.70. The molecule has 0 aliphatic rings. The van der Waals surface area contributed by atoms with Gasteiger partial charge in [-0.1, -0.05) is 0 Å². The second kappa shape index (κ2) is 8.85. The highest BCUT2D eigenvalue weighted by atomic mass is 16.5. The van der Waals surface area contributed by atoms with Gasteiger partial charge in [-0.3, -0.25) is 4.79 Å². The molecule has 0 unspecified atom stereocenters. The number of carbonyl (C=O) groups excluding carboxylic acids is 1. The Morgan fingerprint density at radius 2 is 1.64 bits per heavy atom. The van der Waals surface area contributed by atoms with Crippen LogP contribution in [-0.4, -0.2) is 36.6 Å². The summed E-state index contributed by atoms with van der Waals surface area (Å²) < 4.78 is 5.39. The number of hydrogen-bond donors (Lipinski definition) is 2. The highest BCUT2D eigenvalue weighted by Crippen LogP contribution is 2.19. The third-order valence-electron chi connectivity index (χ3n) is 3.96. The minimum Gasteiger partial charge on any atom is -0.494 e. The predicted molar refractivity (Wildman–Crippen MR) is 112 cm³/mol. The SMILES string of the molecule is CCOc1ccc(NC(=O)c2cnc(Nc3ccc(N(C)C)cc3)cn2)cc1. The van der Waals surface area contributed by atoms with Crippen molar-refractivity contribution >= 4 is 28.8 Å². The fraction of sp³-hybridized carbons (Fsp3) is 0.190. The normalized spacial score (nSPS) is 10.2. The van der Waals surface area contributed by atoms with Crippen molar-refractivity contribution in [2.45, 2.75) is 6.92 Å². The van der Waals surface area contributed by atoms with Crippen LogP contribution in [0.3, 0.4) is 0 Å². The Bertz CT molecular complexity index is 907. The van der Waals surface area contributed by atoms with Crippen molar-refractivity contribution in [2.75, 3.05) is 36.2 Å². The van der Waals surface area contributed by atoms with E-state index in [1.54, 1.807) is 24.3 Å². The first-order chi connectivity index (χ1) is 13.5. The van der Waals surface area contributed by atoms with Crippen molar-refractivity contribution in [1.29, 1.82) is 0 Å². The molecular weight excluding hydrogens is 354 g/mol. The van der Waals surface area contributed by atoms with E-state index in [9.17, 15) is 4.79 Å². The zero-order chi connectivity index (χ0) is 19.9. The van der Waals surface area contributed by atoms with Crippen LogP contribution in [0.5, 0.6) is 5.75 Å². The van der Waals surface area contributed by atoms with Crippen LogP contribution in [0.2, 0.25) is 0 Å². The summed E-state index contributed by atoms with van der Waals surface area (Å²) in [4.78, 5) is 22.8. The van der Waals surface area contributed by atoms with Gasteiger partial charge in [0.1, 0.15) is 17.3 Å². The maximum atomic E-state index is 12.3. The minimum atomic E-state index is -0.321.